The Bertz CT molecular complexity index is 1170. The van der Waals surface area contributed by atoms with Gasteiger partial charge in [-0.2, -0.15) is 0 Å². The van der Waals surface area contributed by atoms with Crippen LogP contribution >= 0.6 is 11.3 Å². The molecule has 134 valence electrons. The van der Waals surface area contributed by atoms with Crippen LogP contribution in [0.25, 0.3) is 31.4 Å². The number of anilines is 2. The Balaban J connectivity index is 1.69. The molecule has 0 aliphatic rings. The quantitative estimate of drug-likeness (QED) is 0.461. The third-order valence-corrected chi connectivity index (χ3v) is 5.31. The molecule has 0 aliphatic heterocycles. The van der Waals surface area contributed by atoms with Gasteiger partial charge in [-0.15, -0.1) is 17.9 Å². The van der Waals surface area contributed by atoms with Gasteiger partial charge in [0.2, 0.25) is 0 Å². The number of fused-ring (bicyclic) bond motifs is 3. The Hall–Kier alpha value is -3.45. The van der Waals surface area contributed by atoms with Crippen LogP contribution in [0.4, 0.5) is 16.3 Å². The molecule has 0 unspecified atom stereocenters. The number of thiophene rings is 1. The van der Waals surface area contributed by atoms with Gasteiger partial charge in [-0.3, -0.25) is 0 Å². The third-order valence-electron chi connectivity index (χ3n) is 4.14. The first kappa shape index (κ1) is 17.0. The average molecular weight is 375 g/mol. The Morgan fingerprint density at radius 3 is 2.89 bits per heavy atom. The van der Waals surface area contributed by atoms with Gasteiger partial charge in [-0.25, -0.2) is 14.8 Å². The van der Waals surface area contributed by atoms with Crippen molar-refractivity contribution in [3.63, 3.8) is 0 Å². The number of nitrogens with two attached hydrogens (primary N) is 1. The lowest BCUT2D eigenvalue weighted by Crippen LogP contribution is -2.28. The topological polar surface area (TPSA) is 92.9 Å². The Morgan fingerprint density at radius 1 is 1.19 bits per heavy atom. The number of amides is 2. The van der Waals surface area contributed by atoms with Crippen molar-refractivity contribution in [2.75, 3.05) is 17.6 Å². The van der Waals surface area contributed by atoms with Crippen LogP contribution in [0.2, 0.25) is 0 Å². The smallest absolute Gasteiger partial charge is 0.319 e. The molecule has 7 heteroatoms. The summed E-state index contributed by atoms with van der Waals surface area (Å²) in [4.78, 5) is 20.3. The van der Waals surface area contributed by atoms with E-state index >= 15 is 0 Å². The van der Waals surface area contributed by atoms with Crippen molar-refractivity contribution < 1.29 is 4.79 Å². The van der Waals surface area contributed by atoms with Crippen molar-refractivity contribution in [2.45, 2.75) is 0 Å². The molecule has 0 radical (unpaired) electrons. The van der Waals surface area contributed by atoms with Crippen LogP contribution in [0.3, 0.4) is 0 Å². The molecular formula is C20H17N5OS. The number of carbonyl (C=O) groups excluding carboxylic acids is 1. The first-order chi connectivity index (χ1) is 13.2. The summed E-state index contributed by atoms with van der Waals surface area (Å²) in [7, 11) is 0. The summed E-state index contributed by atoms with van der Waals surface area (Å²) in [6.07, 6.45) is 3.12. The van der Waals surface area contributed by atoms with Gasteiger partial charge in [0.1, 0.15) is 12.1 Å². The zero-order valence-corrected chi connectivity index (χ0v) is 15.2. The lowest BCUT2D eigenvalue weighted by molar-refractivity contribution is 0.253. The number of nitrogens with one attached hydrogen (secondary N) is 2. The van der Waals surface area contributed by atoms with Crippen LogP contribution in [0, 0.1) is 0 Å². The number of carbonyl (C=O) groups is 1. The Kier molecular flexibility index (Phi) is 4.43. The standard InChI is InChI=1S/C20H17N5OS/c1-2-8-22-20(26)25-14-5-3-4-12(9-14)13-6-7-15-16(10-13)27-18-17(15)23-11-24-19(18)21/h2-7,9-11H,1,8H2,(H2,21,23,24)(H2,22,25,26). The van der Waals surface area contributed by atoms with Crippen LogP contribution in [0.15, 0.2) is 61.4 Å². The minimum atomic E-state index is -0.263. The van der Waals surface area contributed by atoms with E-state index in [1.54, 1.807) is 17.4 Å². The van der Waals surface area contributed by atoms with E-state index in [1.807, 2.05) is 36.4 Å². The number of urea groups is 1. The second kappa shape index (κ2) is 7.05. The molecule has 0 bridgehead atoms. The van der Waals surface area contributed by atoms with Crippen molar-refractivity contribution in [1.29, 1.82) is 0 Å². The fourth-order valence-corrected chi connectivity index (χ4v) is 3.99. The van der Waals surface area contributed by atoms with E-state index in [0.29, 0.717) is 12.4 Å². The van der Waals surface area contributed by atoms with Gasteiger partial charge in [0.15, 0.2) is 0 Å². The van der Waals surface area contributed by atoms with Gasteiger partial charge >= 0.3 is 6.03 Å². The highest BCUT2D eigenvalue weighted by Gasteiger charge is 2.11. The van der Waals surface area contributed by atoms with Crippen molar-refractivity contribution in [3.05, 3.63) is 61.4 Å². The summed E-state index contributed by atoms with van der Waals surface area (Å²) in [6, 6.07) is 13.7. The summed E-state index contributed by atoms with van der Waals surface area (Å²) in [6.45, 7) is 4.00. The molecule has 4 N–H and O–H groups in total. The SMILES string of the molecule is C=CCNC(=O)Nc1cccc(-c2ccc3c(c2)sc2c(N)ncnc23)c1. The molecule has 0 aliphatic carbocycles. The van der Waals surface area contributed by atoms with E-state index in [-0.39, 0.29) is 6.03 Å². The molecule has 27 heavy (non-hydrogen) atoms. The molecule has 2 aromatic heterocycles. The van der Waals surface area contributed by atoms with Crippen LogP contribution in [0.1, 0.15) is 0 Å². The van der Waals surface area contributed by atoms with Gasteiger partial charge in [-0.05, 0) is 29.3 Å². The first-order valence-corrected chi connectivity index (χ1v) is 9.16. The van der Waals surface area contributed by atoms with Gasteiger partial charge in [0, 0.05) is 22.3 Å². The Labute approximate surface area is 159 Å². The fourth-order valence-electron chi connectivity index (χ4n) is 2.89. The second-order valence-corrected chi connectivity index (χ2v) is 7.01. The number of rotatable bonds is 4. The second-order valence-electron chi connectivity index (χ2n) is 5.95. The largest absolute Gasteiger partial charge is 0.382 e. The van der Waals surface area contributed by atoms with Gasteiger partial charge in [0.05, 0.1) is 10.2 Å². The van der Waals surface area contributed by atoms with Crippen LogP contribution < -0.4 is 16.4 Å². The molecule has 0 saturated heterocycles. The molecule has 6 nitrogen and oxygen atoms in total. The Morgan fingerprint density at radius 2 is 2.04 bits per heavy atom. The van der Waals surface area contributed by atoms with Gasteiger partial charge < -0.3 is 16.4 Å². The third kappa shape index (κ3) is 3.32. The predicted molar refractivity (Wildman–Crippen MR) is 112 cm³/mol. The molecule has 0 fully saturated rings. The van der Waals surface area contributed by atoms with Crippen molar-refractivity contribution in [3.8, 4) is 11.1 Å². The van der Waals surface area contributed by atoms with Crippen LogP contribution in [0.5, 0.6) is 0 Å². The zero-order valence-electron chi connectivity index (χ0n) is 14.4. The molecule has 0 saturated carbocycles. The van der Waals surface area contributed by atoms with E-state index < -0.39 is 0 Å². The van der Waals surface area contributed by atoms with Crippen molar-refractivity contribution >= 4 is 49.2 Å². The van der Waals surface area contributed by atoms with E-state index in [9.17, 15) is 4.79 Å². The lowest BCUT2D eigenvalue weighted by atomic mass is 10.0. The first-order valence-electron chi connectivity index (χ1n) is 8.34. The minimum absolute atomic E-state index is 0.263. The number of aromatic nitrogens is 2. The molecule has 4 aromatic rings. The maximum Gasteiger partial charge on any atom is 0.319 e. The maximum absolute atomic E-state index is 11.8. The van der Waals surface area contributed by atoms with Gasteiger partial charge in [0.25, 0.3) is 0 Å². The van der Waals surface area contributed by atoms with Crippen LogP contribution in [-0.4, -0.2) is 22.5 Å². The maximum atomic E-state index is 11.8. The summed E-state index contributed by atoms with van der Waals surface area (Å²) >= 11 is 1.58. The van der Waals surface area contributed by atoms with E-state index in [1.165, 1.54) is 6.33 Å². The minimum Gasteiger partial charge on any atom is -0.382 e. The highest BCUT2D eigenvalue weighted by atomic mass is 32.1. The number of hydrogen-bond acceptors (Lipinski definition) is 5. The molecular weight excluding hydrogens is 358 g/mol. The highest BCUT2D eigenvalue weighted by molar-refractivity contribution is 7.26. The van der Waals surface area contributed by atoms with Crippen molar-refractivity contribution in [1.82, 2.24) is 15.3 Å². The number of benzene rings is 2. The number of nitrogens with zero attached hydrogens (tertiary/aromatic N) is 2. The highest BCUT2D eigenvalue weighted by Crippen LogP contribution is 2.37. The molecule has 2 amide bonds. The fraction of sp³-hybridized carbons (Fsp3) is 0.0500. The monoisotopic (exact) mass is 375 g/mol. The molecule has 0 atom stereocenters. The number of nitrogen functional groups attached to an aromatic ring is 1. The van der Waals surface area contributed by atoms with Gasteiger partial charge in [-0.1, -0.05) is 30.3 Å². The molecule has 4 rings (SSSR count). The predicted octanol–water partition coefficient (Wildman–Crippen LogP) is 4.40. The van der Waals surface area contributed by atoms with E-state index in [2.05, 4.69) is 33.2 Å². The normalized spacial score (nSPS) is 10.8. The molecule has 2 heterocycles. The van der Waals surface area contributed by atoms with E-state index in [0.717, 1.165) is 37.1 Å². The molecule has 2 aromatic carbocycles. The summed E-state index contributed by atoms with van der Waals surface area (Å²) in [5.41, 5.74) is 9.64. The van der Waals surface area contributed by atoms with Crippen molar-refractivity contribution in [2.24, 2.45) is 0 Å². The summed E-state index contributed by atoms with van der Waals surface area (Å²) in [5.74, 6) is 0.500. The summed E-state index contributed by atoms with van der Waals surface area (Å²) < 4.78 is 2.00. The molecule has 0 spiro atoms. The zero-order chi connectivity index (χ0) is 18.8. The van der Waals surface area contributed by atoms with E-state index in [4.69, 9.17) is 5.73 Å². The number of hydrogen-bond donors (Lipinski definition) is 3. The summed E-state index contributed by atoms with van der Waals surface area (Å²) in [5, 5.41) is 6.58. The average Bonchev–Trinajstić information content (AvgIpc) is 3.06. The van der Waals surface area contributed by atoms with Crippen LogP contribution in [-0.2, 0) is 0 Å². The lowest BCUT2D eigenvalue weighted by Gasteiger charge is -2.08.